The van der Waals surface area contributed by atoms with Gasteiger partial charge in [0.25, 0.3) is 0 Å². The van der Waals surface area contributed by atoms with E-state index >= 15 is 0 Å². The van der Waals surface area contributed by atoms with Crippen LogP contribution >= 0.6 is 0 Å². The highest BCUT2D eigenvalue weighted by Gasteiger charge is 2.37. The Hall–Kier alpha value is -1.92. The Labute approximate surface area is 147 Å². The maximum Gasteiger partial charge on any atom is 0.206 e. The summed E-state index contributed by atoms with van der Waals surface area (Å²) in [7, 11) is -3.73. The van der Waals surface area contributed by atoms with Crippen molar-refractivity contribution < 1.29 is 12.8 Å². The molecule has 2 aromatic rings. The van der Waals surface area contributed by atoms with Gasteiger partial charge in [-0.1, -0.05) is 13.0 Å². The first-order chi connectivity index (χ1) is 12.0. The Balaban J connectivity index is 1.77. The van der Waals surface area contributed by atoms with Crippen molar-refractivity contribution in [2.75, 3.05) is 18.4 Å². The molecule has 0 radical (unpaired) electrons. The predicted molar refractivity (Wildman–Crippen MR) is 95.1 cm³/mol. The van der Waals surface area contributed by atoms with Crippen molar-refractivity contribution in [3.05, 3.63) is 53.8 Å². The fraction of sp³-hybridized carbons (Fsp3) is 0.368. The van der Waals surface area contributed by atoms with Gasteiger partial charge in [-0.05, 0) is 67.4 Å². The molecule has 4 rings (SSSR count). The first-order valence-corrected chi connectivity index (χ1v) is 10.1. The molecule has 0 aromatic heterocycles. The van der Waals surface area contributed by atoms with Gasteiger partial charge in [-0.2, -0.15) is 0 Å². The third kappa shape index (κ3) is 2.83. The maximum atomic E-state index is 13.5. The minimum Gasteiger partial charge on any atom is -0.381 e. The second-order valence-corrected chi connectivity index (χ2v) is 8.91. The minimum atomic E-state index is -3.73. The molecule has 0 spiro atoms. The molecule has 1 unspecified atom stereocenters. The highest BCUT2D eigenvalue weighted by molar-refractivity contribution is 7.91. The highest BCUT2D eigenvalue weighted by Crippen LogP contribution is 2.43. The van der Waals surface area contributed by atoms with Gasteiger partial charge in [-0.15, -0.1) is 0 Å². The van der Waals surface area contributed by atoms with Crippen LogP contribution in [-0.2, 0) is 9.84 Å². The average molecular weight is 360 g/mol. The lowest BCUT2D eigenvalue weighted by Gasteiger charge is -2.22. The molecule has 0 aliphatic carbocycles. The summed E-state index contributed by atoms with van der Waals surface area (Å²) in [4.78, 5) is 0.217. The van der Waals surface area contributed by atoms with E-state index < -0.39 is 15.7 Å². The molecule has 0 bridgehead atoms. The zero-order valence-corrected chi connectivity index (χ0v) is 14.8. The smallest absolute Gasteiger partial charge is 0.206 e. The third-order valence-corrected chi connectivity index (χ3v) is 7.03. The SMILES string of the molecule is CC1CNCC[C@H]2Nc3ccc(S(=O)(=O)c4cccc(F)c4)cc3[C@@H]12. The summed E-state index contributed by atoms with van der Waals surface area (Å²) >= 11 is 0. The fourth-order valence-electron chi connectivity index (χ4n) is 4.06. The van der Waals surface area contributed by atoms with Crippen LogP contribution in [0.15, 0.2) is 52.3 Å². The van der Waals surface area contributed by atoms with E-state index in [1.807, 2.05) is 6.07 Å². The van der Waals surface area contributed by atoms with Crippen molar-refractivity contribution in [1.29, 1.82) is 0 Å². The van der Waals surface area contributed by atoms with Crippen molar-refractivity contribution in [2.45, 2.75) is 35.1 Å². The van der Waals surface area contributed by atoms with Crippen LogP contribution in [0.25, 0.3) is 0 Å². The third-order valence-electron chi connectivity index (χ3n) is 5.28. The van der Waals surface area contributed by atoms with Crippen LogP contribution in [-0.4, -0.2) is 27.5 Å². The molecule has 132 valence electrons. The molecule has 3 atom stereocenters. The van der Waals surface area contributed by atoms with Crippen molar-refractivity contribution in [3.63, 3.8) is 0 Å². The Kier molecular flexibility index (Phi) is 4.04. The Morgan fingerprint density at radius 1 is 1.12 bits per heavy atom. The van der Waals surface area contributed by atoms with Crippen molar-refractivity contribution in [1.82, 2.24) is 5.32 Å². The van der Waals surface area contributed by atoms with Crippen LogP contribution in [0.2, 0.25) is 0 Å². The highest BCUT2D eigenvalue weighted by atomic mass is 32.2. The largest absolute Gasteiger partial charge is 0.381 e. The molecule has 2 aromatic carbocycles. The topological polar surface area (TPSA) is 58.2 Å². The van der Waals surface area contributed by atoms with Gasteiger partial charge in [-0.3, -0.25) is 0 Å². The second kappa shape index (κ2) is 6.11. The van der Waals surface area contributed by atoms with Gasteiger partial charge in [0.1, 0.15) is 5.82 Å². The number of sulfone groups is 1. The average Bonchev–Trinajstić information content (AvgIpc) is 2.86. The summed E-state index contributed by atoms with van der Waals surface area (Å²) in [6.07, 6.45) is 1.01. The standard InChI is InChI=1S/C19H21FN2O2S/c1-12-11-21-8-7-18-19(12)16-10-15(5-6-17(16)22-18)25(23,24)14-4-2-3-13(20)9-14/h2-6,9-10,12,18-19,21-22H,7-8,11H2,1H3/t12?,18-,19-/m1/s1. The van der Waals surface area contributed by atoms with Crippen molar-refractivity contribution >= 4 is 15.5 Å². The van der Waals surface area contributed by atoms with Crippen LogP contribution in [0, 0.1) is 11.7 Å². The van der Waals surface area contributed by atoms with Gasteiger partial charge in [0.05, 0.1) is 9.79 Å². The molecular weight excluding hydrogens is 339 g/mol. The second-order valence-electron chi connectivity index (χ2n) is 6.96. The molecule has 6 heteroatoms. The van der Waals surface area contributed by atoms with E-state index in [1.165, 1.54) is 18.2 Å². The van der Waals surface area contributed by atoms with E-state index in [4.69, 9.17) is 0 Å². The van der Waals surface area contributed by atoms with Crippen LogP contribution in [0.1, 0.15) is 24.8 Å². The molecule has 25 heavy (non-hydrogen) atoms. The van der Waals surface area contributed by atoms with Crippen molar-refractivity contribution in [2.24, 2.45) is 5.92 Å². The summed E-state index contributed by atoms with van der Waals surface area (Å²) in [5.41, 5.74) is 2.07. The molecule has 4 nitrogen and oxygen atoms in total. The number of benzene rings is 2. The van der Waals surface area contributed by atoms with Crippen LogP contribution in [0.3, 0.4) is 0 Å². The molecule has 2 heterocycles. The molecular formula is C19H21FN2O2S. The fourth-order valence-corrected chi connectivity index (χ4v) is 5.39. The number of anilines is 1. The van der Waals surface area contributed by atoms with E-state index in [9.17, 15) is 12.8 Å². The summed E-state index contributed by atoms with van der Waals surface area (Å²) < 4.78 is 39.3. The van der Waals surface area contributed by atoms with Gasteiger partial charge in [0.15, 0.2) is 0 Å². The van der Waals surface area contributed by atoms with Crippen LogP contribution < -0.4 is 10.6 Å². The molecule has 0 amide bonds. The van der Waals surface area contributed by atoms with Gasteiger partial charge in [0, 0.05) is 17.6 Å². The molecule has 1 saturated heterocycles. The zero-order valence-electron chi connectivity index (χ0n) is 14.0. The van der Waals surface area contributed by atoms with Gasteiger partial charge in [-0.25, -0.2) is 12.8 Å². The molecule has 2 N–H and O–H groups in total. The van der Waals surface area contributed by atoms with Gasteiger partial charge < -0.3 is 10.6 Å². The zero-order chi connectivity index (χ0) is 17.6. The monoisotopic (exact) mass is 360 g/mol. The predicted octanol–water partition coefficient (Wildman–Crippen LogP) is 3.17. The van der Waals surface area contributed by atoms with Gasteiger partial charge in [0.2, 0.25) is 9.84 Å². The minimum absolute atomic E-state index is 0.00876. The molecule has 1 fully saturated rings. The normalized spacial score (nSPS) is 25.6. The van der Waals surface area contributed by atoms with E-state index in [0.717, 1.165) is 36.8 Å². The molecule has 2 aliphatic heterocycles. The summed E-state index contributed by atoms with van der Waals surface area (Å²) in [6.45, 7) is 4.07. The Morgan fingerprint density at radius 3 is 2.72 bits per heavy atom. The lowest BCUT2D eigenvalue weighted by atomic mass is 9.84. The van der Waals surface area contributed by atoms with Crippen molar-refractivity contribution in [3.8, 4) is 0 Å². The molecule has 2 aliphatic rings. The number of halogens is 1. The maximum absolute atomic E-state index is 13.5. The lowest BCUT2D eigenvalue weighted by Crippen LogP contribution is -2.25. The Morgan fingerprint density at radius 2 is 1.92 bits per heavy atom. The lowest BCUT2D eigenvalue weighted by molar-refractivity contribution is 0.443. The number of rotatable bonds is 2. The first-order valence-electron chi connectivity index (χ1n) is 8.58. The van der Waals surface area contributed by atoms with Gasteiger partial charge >= 0.3 is 0 Å². The number of hydrogen-bond donors (Lipinski definition) is 2. The number of fused-ring (bicyclic) bond motifs is 3. The quantitative estimate of drug-likeness (QED) is 0.864. The summed E-state index contributed by atoms with van der Waals surface area (Å²) in [5, 5.41) is 6.97. The first kappa shape index (κ1) is 16.5. The van der Waals surface area contributed by atoms with E-state index in [0.29, 0.717) is 12.0 Å². The van der Waals surface area contributed by atoms with E-state index in [2.05, 4.69) is 17.6 Å². The Bertz CT molecular complexity index is 913. The van der Waals surface area contributed by atoms with E-state index in [1.54, 1.807) is 12.1 Å². The van der Waals surface area contributed by atoms with Crippen LogP contribution in [0.5, 0.6) is 0 Å². The summed E-state index contributed by atoms with van der Waals surface area (Å²) in [6, 6.07) is 10.7. The van der Waals surface area contributed by atoms with Crippen LogP contribution in [0.4, 0.5) is 10.1 Å². The summed E-state index contributed by atoms with van der Waals surface area (Å²) in [5.74, 6) is 0.147. The van der Waals surface area contributed by atoms with E-state index in [-0.39, 0.29) is 15.7 Å². The number of nitrogens with one attached hydrogen (secondary N) is 2. The number of hydrogen-bond acceptors (Lipinski definition) is 4. The molecule has 0 saturated carbocycles.